The van der Waals surface area contributed by atoms with Crippen LogP contribution < -0.4 is 4.90 Å². The summed E-state index contributed by atoms with van der Waals surface area (Å²) in [5, 5.41) is 0. The fourth-order valence-electron chi connectivity index (χ4n) is 3.11. The molecule has 19 heavy (non-hydrogen) atoms. The summed E-state index contributed by atoms with van der Waals surface area (Å²) in [5.41, 5.74) is 1.88. The summed E-state index contributed by atoms with van der Waals surface area (Å²) in [4.78, 5) is 16.8. The van der Waals surface area contributed by atoms with Gasteiger partial charge in [0.2, 0.25) is 0 Å². The molecule has 2 unspecified atom stereocenters. The highest BCUT2D eigenvalue weighted by Crippen LogP contribution is 2.33. The summed E-state index contributed by atoms with van der Waals surface area (Å²) in [6.45, 7) is 0. The Hall–Kier alpha value is -1.77. The lowest BCUT2D eigenvalue weighted by atomic mass is 10.1. The molecule has 0 radical (unpaired) electrons. The molecule has 3 rings (SSSR count). The van der Waals surface area contributed by atoms with E-state index in [4.69, 9.17) is 0 Å². The number of rotatable bonds is 2. The molecule has 2 bridgehead atoms. The molecule has 1 fully saturated rings. The predicted octanol–water partition coefficient (Wildman–Crippen LogP) is 2.69. The highest BCUT2D eigenvalue weighted by atomic mass is 16.2. The second-order valence-electron chi connectivity index (χ2n) is 5.62. The third-order valence-electron chi connectivity index (χ3n) is 4.16. The summed E-state index contributed by atoms with van der Waals surface area (Å²) >= 11 is 0. The molecule has 1 aromatic carbocycles. The van der Waals surface area contributed by atoms with Crippen LogP contribution >= 0.6 is 0 Å². The molecule has 100 valence electrons. The number of hydrogen-bond acceptors (Lipinski definition) is 2. The van der Waals surface area contributed by atoms with Crippen LogP contribution in [0.3, 0.4) is 0 Å². The highest BCUT2D eigenvalue weighted by molar-refractivity contribution is 5.96. The van der Waals surface area contributed by atoms with Gasteiger partial charge in [-0.05, 0) is 37.5 Å². The molecular formula is C16H20N2O. The van der Waals surface area contributed by atoms with Gasteiger partial charge in [-0.2, -0.15) is 0 Å². The molecule has 2 aliphatic rings. The van der Waals surface area contributed by atoms with Crippen molar-refractivity contribution in [1.29, 1.82) is 0 Å². The van der Waals surface area contributed by atoms with Crippen LogP contribution in [-0.2, 0) is 0 Å². The molecule has 3 heteroatoms. The van der Waals surface area contributed by atoms with E-state index < -0.39 is 0 Å². The minimum Gasteiger partial charge on any atom is -0.378 e. The van der Waals surface area contributed by atoms with Gasteiger partial charge in [0.1, 0.15) is 0 Å². The first-order valence-electron chi connectivity index (χ1n) is 6.93. The number of nitrogens with zero attached hydrogens (tertiary/aromatic N) is 2. The van der Waals surface area contributed by atoms with Gasteiger partial charge in [-0.1, -0.05) is 18.2 Å². The lowest BCUT2D eigenvalue weighted by molar-refractivity contribution is 0.0689. The lowest BCUT2D eigenvalue weighted by Crippen LogP contribution is -2.42. The Morgan fingerprint density at radius 3 is 2.89 bits per heavy atom. The van der Waals surface area contributed by atoms with Gasteiger partial charge in [-0.15, -0.1) is 0 Å². The average molecular weight is 256 g/mol. The van der Waals surface area contributed by atoms with Crippen LogP contribution in [0.15, 0.2) is 36.4 Å². The highest BCUT2D eigenvalue weighted by Gasteiger charge is 2.37. The van der Waals surface area contributed by atoms with Gasteiger partial charge >= 0.3 is 0 Å². The zero-order valence-corrected chi connectivity index (χ0v) is 11.5. The van der Waals surface area contributed by atoms with Gasteiger partial charge in [0.15, 0.2) is 0 Å². The molecule has 0 aliphatic carbocycles. The first-order valence-corrected chi connectivity index (χ1v) is 6.93. The lowest BCUT2D eigenvalue weighted by Gasteiger charge is -2.31. The minimum absolute atomic E-state index is 0.181. The van der Waals surface area contributed by atoms with Crippen molar-refractivity contribution in [2.75, 3.05) is 19.0 Å². The van der Waals surface area contributed by atoms with E-state index in [1.165, 1.54) is 0 Å². The second-order valence-corrected chi connectivity index (χ2v) is 5.62. The Labute approximate surface area is 114 Å². The zero-order valence-electron chi connectivity index (χ0n) is 11.5. The standard InChI is InChI=1S/C16H20N2O/c1-17(2)15-8-3-5-12(11-15)16(19)18-13-6-4-7-14(18)10-9-13/h3-6,8,11,13-14H,7,9-10H2,1-2H3. The van der Waals surface area contributed by atoms with Gasteiger partial charge in [0.25, 0.3) is 5.91 Å². The molecule has 0 aromatic heterocycles. The normalized spacial score (nSPS) is 24.6. The van der Waals surface area contributed by atoms with Gasteiger partial charge in [0.05, 0.1) is 6.04 Å². The molecule has 0 spiro atoms. The smallest absolute Gasteiger partial charge is 0.254 e. The van der Waals surface area contributed by atoms with Crippen LogP contribution in [0.5, 0.6) is 0 Å². The molecule has 1 aromatic rings. The van der Waals surface area contributed by atoms with E-state index in [-0.39, 0.29) is 5.91 Å². The number of carbonyl (C=O) groups is 1. The third-order valence-corrected chi connectivity index (χ3v) is 4.16. The van der Waals surface area contributed by atoms with Crippen LogP contribution in [0.1, 0.15) is 29.6 Å². The Morgan fingerprint density at radius 1 is 1.32 bits per heavy atom. The Balaban J connectivity index is 1.88. The van der Waals surface area contributed by atoms with E-state index in [1.54, 1.807) is 0 Å². The van der Waals surface area contributed by atoms with E-state index in [9.17, 15) is 4.79 Å². The van der Waals surface area contributed by atoms with Crippen LogP contribution in [0.25, 0.3) is 0 Å². The molecule has 2 atom stereocenters. The Bertz CT molecular complexity index is 521. The maximum atomic E-state index is 12.7. The molecule has 0 N–H and O–H groups in total. The minimum atomic E-state index is 0.181. The Kier molecular flexibility index (Phi) is 3.05. The molecular weight excluding hydrogens is 236 g/mol. The average Bonchev–Trinajstić information content (AvgIpc) is 2.67. The summed E-state index contributed by atoms with van der Waals surface area (Å²) in [6.07, 6.45) is 7.67. The van der Waals surface area contributed by atoms with Gasteiger partial charge < -0.3 is 9.80 Å². The molecule has 2 aliphatic heterocycles. The van der Waals surface area contributed by atoms with Crippen molar-refractivity contribution in [3.63, 3.8) is 0 Å². The first kappa shape index (κ1) is 12.3. The van der Waals surface area contributed by atoms with Crippen molar-refractivity contribution in [2.24, 2.45) is 0 Å². The summed E-state index contributed by atoms with van der Waals surface area (Å²) in [6, 6.07) is 8.62. The number of hydrogen-bond donors (Lipinski definition) is 0. The van der Waals surface area contributed by atoms with E-state index in [1.807, 2.05) is 43.3 Å². The maximum absolute atomic E-state index is 12.7. The fraction of sp³-hybridized carbons (Fsp3) is 0.438. The summed E-state index contributed by atoms with van der Waals surface area (Å²) in [7, 11) is 3.99. The number of anilines is 1. The first-order chi connectivity index (χ1) is 9.16. The van der Waals surface area contributed by atoms with Crippen molar-refractivity contribution in [2.45, 2.75) is 31.3 Å². The van der Waals surface area contributed by atoms with E-state index in [0.29, 0.717) is 12.1 Å². The summed E-state index contributed by atoms with van der Waals surface area (Å²) in [5.74, 6) is 0.181. The monoisotopic (exact) mass is 256 g/mol. The number of fused-ring (bicyclic) bond motifs is 2. The van der Waals surface area contributed by atoms with Crippen molar-refractivity contribution in [3.05, 3.63) is 42.0 Å². The molecule has 1 amide bonds. The van der Waals surface area contributed by atoms with Crippen molar-refractivity contribution < 1.29 is 4.79 Å². The van der Waals surface area contributed by atoms with Crippen LogP contribution in [0, 0.1) is 0 Å². The van der Waals surface area contributed by atoms with Crippen LogP contribution in [0.4, 0.5) is 5.69 Å². The second kappa shape index (κ2) is 4.72. The Morgan fingerprint density at radius 2 is 2.16 bits per heavy atom. The van der Waals surface area contributed by atoms with E-state index in [0.717, 1.165) is 30.5 Å². The number of carbonyl (C=O) groups excluding carboxylic acids is 1. The summed E-state index contributed by atoms with van der Waals surface area (Å²) < 4.78 is 0. The largest absolute Gasteiger partial charge is 0.378 e. The maximum Gasteiger partial charge on any atom is 0.254 e. The third kappa shape index (κ3) is 2.14. The van der Waals surface area contributed by atoms with Crippen molar-refractivity contribution in [1.82, 2.24) is 4.90 Å². The zero-order chi connectivity index (χ0) is 13.4. The molecule has 0 saturated carbocycles. The van der Waals surface area contributed by atoms with Crippen LogP contribution in [0.2, 0.25) is 0 Å². The number of benzene rings is 1. The number of amides is 1. The van der Waals surface area contributed by atoms with Crippen molar-refractivity contribution in [3.8, 4) is 0 Å². The van der Waals surface area contributed by atoms with Gasteiger partial charge in [0, 0.05) is 31.4 Å². The fourth-order valence-corrected chi connectivity index (χ4v) is 3.11. The van der Waals surface area contributed by atoms with Gasteiger partial charge in [-0.25, -0.2) is 0 Å². The van der Waals surface area contributed by atoms with Crippen molar-refractivity contribution >= 4 is 11.6 Å². The molecule has 3 nitrogen and oxygen atoms in total. The van der Waals surface area contributed by atoms with E-state index in [2.05, 4.69) is 17.1 Å². The quantitative estimate of drug-likeness (QED) is 0.760. The predicted molar refractivity (Wildman–Crippen MR) is 77.5 cm³/mol. The van der Waals surface area contributed by atoms with Crippen LogP contribution in [-0.4, -0.2) is 37.0 Å². The van der Waals surface area contributed by atoms with Gasteiger partial charge in [-0.3, -0.25) is 4.79 Å². The molecule has 1 saturated heterocycles. The van der Waals surface area contributed by atoms with E-state index >= 15 is 0 Å². The topological polar surface area (TPSA) is 23.6 Å². The molecule has 2 heterocycles. The SMILES string of the molecule is CN(C)c1cccc(C(=O)N2C3C=CCC2CC3)c1.